The maximum atomic E-state index is 5.41. The van der Waals surface area contributed by atoms with Crippen LogP contribution in [0.5, 0.6) is 0 Å². The molecule has 0 amide bonds. The van der Waals surface area contributed by atoms with Crippen LogP contribution in [-0.2, 0) is 8.85 Å². The zero-order chi connectivity index (χ0) is 9.84. The van der Waals surface area contributed by atoms with Gasteiger partial charge in [0.05, 0.1) is 0 Å². The first-order chi connectivity index (χ1) is 6.20. The van der Waals surface area contributed by atoms with Gasteiger partial charge in [-0.05, 0) is 25.3 Å². The summed E-state index contributed by atoms with van der Waals surface area (Å²) in [5, 5.41) is 0. The second-order valence-corrected chi connectivity index (χ2v) is 6.19. The monoisotopic (exact) mass is 203 g/mol. The molecule has 1 aliphatic heterocycles. The van der Waals surface area contributed by atoms with Crippen molar-refractivity contribution in [2.24, 2.45) is 5.92 Å². The molecule has 1 fully saturated rings. The minimum atomic E-state index is -1.53. The lowest BCUT2D eigenvalue weighted by atomic mass is 10.0. The fraction of sp³-hybridized carbons (Fsp3) is 1.00. The third kappa shape index (κ3) is 2.53. The second kappa shape index (κ2) is 5.10. The van der Waals surface area contributed by atoms with E-state index in [1.807, 2.05) is 0 Å². The predicted molar refractivity (Wildman–Crippen MR) is 55.7 cm³/mol. The van der Waals surface area contributed by atoms with Gasteiger partial charge in [0.15, 0.2) is 0 Å². The van der Waals surface area contributed by atoms with Crippen LogP contribution in [0.3, 0.4) is 0 Å². The van der Waals surface area contributed by atoms with Crippen molar-refractivity contribution in [1.29, 1.82) is 0 Å². The topological polar surface area (TPSA) is 21.7 Å². The molecule has 1 unspecified atom stereocenters. The molecule has 0 spiro atoms. The van der Waals surface area contributed by atoms with E-state index in [9.17, 15) is 0 Å². The number of hydrogen-bond donors (Lipinski definition) is 0. The molecule has 13 heavy (non-hydrogen) atoms. The summed E-state index contributed by atoms with van der Waals surface area (Å²) in [6.45, 7) is 5.71. The van der Waals surface area contributed by atoms with E-state index in [1.165, 1.54) is 12.8 Å². The Morgan fingerprint density at radius 1 is 1.31 bits per heavy atom. The number of rotatable bonds is 4. The highest BCUT2D eigenvalue weighted by Gasteiger charge is 2.34. The molecule has 0 N–H and O–H groups in total. The first-order valence-electron chi connectivity index (χ1n) is 5.02. The third-order valence-electron chi connectivity index (χ3n) is 2.79. The lowest BCUT2D eigenvalue weighted by Crippen LogP contribution is -2.47. The summed E-state index contributed by atoms with van der Waals surface area (Å²) in [5.41, 5.74) is 0. The summed E-state index contributed by atoms with van der Waals surface area (Å²) < 4.78 is 13.3. The smallest absolute Gasteiger partial charge is 0.388 e. The van der Waals surface area contributed by atoms with Gasteiger partial charge in [-0.15, -0.1) is 0 Å². The van der Waals surface area contributed by atoms with E-state index in [0.29, 0.717) is 12.0 Å². The average molecular weight is 203 g/mol. The summed E-state index contributed by atoms with van der Waals surface area (Å²) in [6.07, 6.45) is 2.59. The highest BCUT2D eigenvalue weighted by atomic mass is 28.3. The minimum Gasteiger partial charge on any atom is -0.388 e. The molecule has 0 aromatic rings. The summed E-state index contributed by atoms with van der Waals surface area (Å²) in [7, 11) is 1.99. The Hall–Kier alpha value is 0.0969. The first kappa shape index (κ1) is 11.2. The molecule has 1 saturated heterocycles. The molecule has 1 heterocycles. The summed E-state index contributed by atoms with van der Waals surface area (Å²) in [4.78, 5) is 0. The molecule has 0 radical (unpaired) electrons. The molecular weight excluding hydrogens is 182 g/mol. The molecule has 4 heteroatoms. The number of hydrogen-bond acceptors (Lipinski definition) is 3. The van der Waals surface area contributed by atoms with Crippen LogP contribution < -0.4 is 0 Å². The van der Waals surface area contributed by atoms with Crippen LogP contribution in [0.15, 0.2) is 0 Å². The van der Waals surface area contributed by atoms with Crippen LogP contribution in [0.2, 0.25) is 0 Å². The van der Waals surface area contributed by atoms with Crippen LogP contribution in [0.25, 0.3) is 0 Å². The highest BCUT2D eigenvalue weighted by molar-refractivity contribution is 6.41. The van der Waals surface area contributed by atoms with Gasteiger partial charge >= 0.3 is 9.45 Å². The molecule has 1 atom stereocenters. The first-order valence-corrected chi connectivity index (χ1v) is 6.48. The van der Waals surface area contributed by atoms with Crippen molar-refractivity contribution in [3.05, 3.63) is 0 Å². The Kier molecular flexibility index (Phi) is 4.38. The van der Waals surface area contributed by atoms with E-state index in [2.05, 4.69) is 18.4 Å². The van der Waals surface area contributed by atoms with Crippen molar-refractivity contribution in [2.45, 2.75) is 32.7 Å². The summed E-state index contributed by atoms with van der Waals surface area (Å²) >= 11 is 0. The molecular formula is C9H21NO2Si. The van der Waals surface area contributed by atoms with Crippen LogP contribution in [0.1, 0.15) is 26.7 Å². The maximum Gasteiger partial charge on any atom is 0.410 e. The molecule has 1 rings (SSSR count). The van der Waals surface area contributed by atoms with Crippen molar-refractivity contribution in [2.75, 3.05) is 20.8 Å². The van der Waals surface area contributed by atoms with E-state index >= 15 is 0 Å². The van der Waals surface area contributed by atoms with E-state index in [-0.39, 0.29) is 0 Å². The molecule has 0 aliphatic carbocycles. The average Bonchev–Trinajstić information content (AvgIpc) is 2.55. The Morgan fingerprint density at radius 3 is 2.38 bits per heavy atom. The predicted octanol–water partition coefficient (Wildman–Crippen LogP) is 1.12. The molecule has 0 saturated carbocycles. The van der Waals surface area contributed by atoms with Crippen molar-refractivity contribution in [3.63, 3.8) is 0 Å². The van der Waals surface area contributed by atoms with Gasteiger partial charge < -0.3 is 8.85 Å². The number of nitrogens with zero attached hydrogens (tertiary/aromatic N) is 1. The Morgan fingerprint density at radius 2 is 1.92 bits per heavy atom. The SMILES string of the molecule is CO[SiH](OC)N1CCCC1C(C)C. The van der Waals surface area contributed by atoms with Gasteiger partial charge in [-0.25, -0.2) is 0 Å². The van der Waals surface area contributed by atoms with Gasteiger partial charge in [0.1, 0.15) is 0 Å². The van der Waals surface area contributed by atoms with Crippen LogP contribution in [-0.4, -0.2) is 40.8 Å². The van der Waals surface area contributed by atoms with Crippen LogP contribution >= 0.6 is 0 Å². The fourth-order valence-electron chi connectivity index (χ4n) is 2.16. The lowest BCUT2D eigenvalue weighted by Gasteiger charge is -2.31. The van der Waals surface area contributed by atoms with E-state index < -0.39 is 9.45 Å². The van der Waals surface area contributed by atoms with Crippen molar-refractivity contribution < 1.29 is 8.85 Å². The quantitative estimate of drug-likeness (QED) is 0.639. The zero-order valence-electron chi connectivity index (χ0n) is 9.12. The van der Waals surface area contributed by atoms with Gasteiger partial charge in [-0.2, -0.15) is 0 Å². The van der Waals surface area contributed by atoms with E-state index in [1.54, 1.807) is 14.2 Å². The standard InChI is InChI=1S/C9H21NO2Si/c1-8(2)9-6-5-7-10(9)13(11-3)12-4/h8-9,13H,5-7H2,1-4H3. The van der Waals surface area contributed by atoms with Gasteiger partial charge in [0.2, 0.25) is 0 Å². The lowest BCUT2D eigenvalue weighted by molar-refractivity contribution is 0.174. The maximum absolute atomic E-state index is 5.41. The second-order valence-electron chi connectivity index (χ2n) is 3.97. The van der Waals surface area contributed by atoms with Gasteiger partial charge in [-0.1, -0.05) is 13.8 Å². The van der Waals surface area contributed by atoms with Crippen molar-refractivity contribution in [3.8, 4) is 0 Å². The van der Waals surface area contributed by atoms with Crippen LogP contribution in [0.4, 0.5) is 0 Å². The highest BCUT2D eigenvalue weighted by Crippen LogP contribution is 2.24. The molecule has 3 nitrogen and oxygen atoms in total. The molecule has 1 aliphatic rings. The Bertz CT molecular complexity index is 151. The molecule has 0 bridgehead atoms. The largest absolute Gasteiger partial charge is 0.410 e. The van der Waals surface area contributed by atoms with E-state index in [0.717, 1.165) is 6.54 Å². The van der Waals surface area contributed by atoms with Crippen molar-refractivity contribution in [1.82, 2.24) is 4.57 Å². The van der Waals surface area contributed by atoms with Gasteiger partial charge in [0, 0.05) is 20.3 Å². The van der Waals surface area contributed by atoms with Crippen LogP contribution in [0, 0.1) is 5.92 Å². The van der Waals surface area contributed by atoms with Gasteiger partial charge in [-0.3, -0.25) is 4.57 Å². The minimum absolute atomic E-state index is 0.677. The zero-order valence-corrected chi connectivity index (χ0v) is 10.3. The Balaban J connectivity index is 2.55. The Labute approximate surface area is 82.9 Å². The normalized spacial score (nSPS) is 24.9. The van der Waals surface area contributed by atoms with Gasteiger partial charge in [0.25, 0.3) is 0 Å². The fourth-order valence-corrected chi connectivity index (χ4v) is 4.09. The summed E-state index contributed by atoms with van der Waals surface area (Å²) in [6, 6.07) is 0.677. The molecule has 78 valence electrons. The van der Waals surface area contributed by atoms with E-state index in [4.69, 9.17) is 8.85 Å². The molecule has 0 aromatic heterocycles. The van der Waals surface area contributed by atoms with Crippen molar-refractivity contribution >= 4 is 9.45 Å². The molecule has 0 aromatic carbocycles. The third-order valence-corrected chi connectivity index (χ3v) is 4.78. The summed E-state index contributed by atoms with van der Waals surface area (Å²) in [5.74, 6) is 0.711.